The van der Waals surface area contributed by atoms with E-state index in [-0.39, 0.29) is 11.9 Å². The van der Waals surface area contributed by atoms with Crippen molar-refractivity contribution in [2.75, 3.05) is 19.6 Å². The highest BCUT2D eigenvalue weighted by Gasteiger charge is 2.13. The first-order valence-electron chi connectivity index (χ1n) is 4.56. The molecule has 2 rings (SSSR count). The standard InChI is InChI=1S/C10H13FN2/c11-9-3-1-2-8(6-9)10-7-12-4-5-13-10/h1-3,6,10,12-13H,4-5,7H2/t10-/m1/s1. The summed E-state index contributed by atoms with van der Waals surface area (Å²) in [5.74, 6) is -0.162. The molecule has 1 aromatic rings. The van der Waals surface area contributed by atoms with E-state index in [1.165, 1.54) is 6.07 Å². The molecule has 1 atom stereocenters. The molecule has 2 N–H and O–H groups in total. The molecule has 0 bridgehead atoms. The molecule has 2 nitrogen and oxygen atoms in total. The van der Waals surface area contributed by atoms with Gasteiger partial charge in [-0.3, -0.25) is 0 Å². The lowest BCUT2D eigenvalue weighted by atomic mass is 10.1. The lowest BCUT2D eigenvalue weighted by molar-refractivity contribution is 0.428. The number of nitrogens with one attached hydrogen (secondary N) is 2. The number of halogens is 1. The summed E-state index contributed by atoms with van der Waals surface area (Å²) in [6.07, 6.45) is 0. The van der Waals surface area contributed by atoms with E-state index >= 15 is 0 Å². The lowest BCUT2D eigenvalue weighted by Gasteiger charge is -2.24. The minimum absolute atomic E-state index is 0.162. The van der Waals surface area contributed by atoms with E-state index in [1.54, 1.807) is 12.1 Å². The molecule has 0 saturated carbocycles. The maximum absolute atomic E-state index is 12.9. The van der Waals surface area contributed by atoms with Gasteiger partial charge >= 0.3 is 0 Å². The Morgan fingerprint density at radius 2 is 2.23 bits per heavy atom. The van der Waals surface area contributed by atoms with Crippen LogP contribution in [-0.4, -0.2) is 19.6 Å². The van der Waals surface area contributed by atoms with Gasteiger partial charge < -0.3 is 10.6 Å². The predicted octanol–water partition coefficient (Wildman–Crippen LogP) is 1.06. The lowest BCUT2D eigenvalue weighted by Crippen LogP contribution is -2.42. The molecular weight excluding hydrogens is 167 g/mol. The molecule has 0 spiro atoms. The van der Waals surface area contributed by atoms with Gasteiger partial charge in [0.25, 0.3) is 0 Å². The summed E-state index contributed by atoms with van der Waals surface area (Å²) >= 11 is 0. The van der Waals surface area contributed by atoms with Crippen LogP contribution in [0.3, 0.4) is 0 Å². The van der Waals surface area contributed by atoms with Crippen molar-refractivity contribution >= 4 is 0 Å². The van der Waals surface area contributed by atoms with E-state index in [2.05, 4.69) is 10.6 Å². The molecule has 1 heterocycles. The van der Waals surface area contributed by atoms with Crippen LogP contribution in [0.25, 0.3) is 0 Å². The zero-order valence-electron chi connectivity index (χ0n) is 7.39. The molecule has 1 fully saturated rings. The Labute approximate surface area is 77.2 Å². The number of hydrogen-bond donors (Lipinski definition) is 2. The van der Waals surface area contributed by atoms with Crippen LogP contribution < -0.4 is 10.6 Å². The van der Waals surface area contributed by atoms with Gasteiger partial charge in [-0.05, 0) is 17.7 Å². The van der Waals surface area contributed by atoms with E-state index in [9.17, 15) is 4.39 Å². The van der Waals surface area contributed by atoms with Crippen LogP contribution in [0.2, 0.25) is 0 Å². The Morgan fingerprint density at radius 1 is 1.31 bits per heavy atom. The molecular formula is C10H13FN2. The molecule has 0 radical (unpaired) electrons. The van der Waals surface area contributed by atoms with Crippen LogP contribution in [0.4, 0.5) is 4.39 Å². The van der Waals surface area contributed by atoms with E-state index in [0.29, 0.717) is 0 Å². The highest BCUT2D eigenvalue weighted by atomic mass is 19.1. The summed E-state index contributed by atoms with van der Waals surface area (Å²) in [7, 11) is 0. The normalized spacial score (nSPS) is 23.0. The van der Waals surface area contributed by atoms with Crippen LogP contribution in [0.15, 0.2) is 24.3 Å². The van der Waals surface area contributed by atoms with Crippen LogP contribution in [-0.2, 0) is 0 Å². The monoisotopic (exact) mass is 180 g/mol. The molecule has 0 aliphatic carbocycles. The van der Waals surface area contributed by atoms with Crippen LogP contribution in [0.5, 0.6) is 0 Å². The van der Waals surface area contributed by atoms with Crippen molar-refractivity contribution in [3.05, 3.63) is 35.6 Å². The zero-order valence-corrected chi connectivity index (χ0v) is 7.39. The average Bonchev–Trinajstić information content (AvgIpc) is 2.19. The summed E-state index contributed by atoms with van der Waals surface area (Å²) < 4.78 is 12.9. The molecule has 0 unspecified atom stereocenters. The largest absolute Gasteiger partial charge is 0.314 e. The van der Waals surface area contributed by atoms with Crippen molar-refractivity contribution in [3.63, 3.8) is 0 Å². The fourth-order valence-electron chi connectivity index (χ4n) is 1.61. The second-order valence-electron chi connectivity index (χ2n) is 3.27. The number of hydrogen-bond acceptors (Lipinski definition) is 2. The second kappa shape index (κ2) is 3.85. The van der Waals surface area contributed by atoms with Gasteiger partial charge in [-0.25, -0.2) is 4.39 Å². The summed E-state index contributed by atoms with van der Waals surface area (Å²) in [5.41, 5.74) is 1.02. The van der Waals surface area contributed by atoms with Crippen LogP contribution in [0.1, 0.15) is 11.6 Å². The third kappa shape index (κ3) is 2.05. The van der Waals surface area contributed by atoms with Crippen molar-refractivity contribution in [1.29, 1.82) is 0 Å². The van der Waals surface area contributed by atoms with Gasteiger partial charge in [0.1, 0.15) is 5.82 Å². The number of rotatable bonds is 1. The van der Waals surface area contributed by atoms with Crippen molar-refractivity contribution in [1.82, 2.24) is 10.6 Å². The summed E-state index contributed by atoms with van der Waals surface area (Å²) in [6, 6.07) is 7.02. The average molecular weight is 180 g/mol. The highest BCUT2D eigenvalue weighted by molar-refractivity contribution is 5.20. The fraction of sp³-hybridized carbons (Fsp3) is 0.400. The van der Waals surface area contributed by atoms with Crippen molar-refractivity contribution in [3.8, 4) is 0 Å². The molecule has 13 heavy (non-hydrogen) atoms. The van der Waals surface area contributed by atoms with Crippen molar-refractivity contribution < 1.29 is 4.39 Å². The Bertz CT molecular complexity index is 282. The minimum atomic E-state index is -0.162. The third-order valence-electron chi connectivity index (χ3n) is 2.29. The molecule has 0 amide bonds. The Kier molecular flexibility index (Phi) is 2.57. The molecule has 1 aliphatic rings. The van der Waals surface area contributed by atoms with E-state index in [1.807, 2.05) is 6.07 Å². The molecule has 0 aromatic heterocycles. The summed E-state index contributed by atoms with van der Waals surface area (Å²) in [4.78, 5) is 0. The van der Waals surface area contributed by atoms with E-state index in [4.69, 9.17) is 0 Å². The third-order valence-corrected chi connectivity index (χ3v) is 2.29. The SMILES string of the molecule is Fc1cccc([C@H]2CNCCN2)c1. The van der Waals surface area contributed by atoms with E-state index in [0.717, 1.165) is 25.2 Å². The molecule has 1 aromatic carbocycles. The van der Waals surface area contributed by atoms with Gasteiger partial charge in [-0.1, -0.05) is 12.1 Å². The number of benzene rings is 1. The van der Waals surface area contributed by atoms with Crippen LogP contribution in [0, 0.1) is 5.82 Å². The van der Waals surface area contributed by atoms with Gasteiger partial charge in [0.15, 0.2) is 0 Å². The van der Waals surface area contributed by atoms with E-state index < -0.39 is 0 Å². The first-order chi connectivity index (χ1) is 6.36. The van der Waals surface area contributed by atoms with Crippen molar-refractivity contribution in [2.24, 2.45) is 0 Å². The molecule has 1 saturated heterocycles. The van der Waals surface area contributed by atoms with Crippen LogP contribution >= 0.6 is 0 Å². The van der Waals surface area contributed by atoms with Gasteiger partial charge in [0.2, 0.25) is 0 Å². The first kappa shape index (κ1) is 8.66. The minimum Gasteiger partial charge on any atom is -0.314 e. The van der Waals surface area contributed by atoms with Gasteiger partial charge in [-0.15, -0.1) is 0 Å². The molecule has 70 valence electrons. The number of piperazine rings is 1. The smallest absolute Gasteiger partial charge is 0.123 e. The van der Waals surface area contributed by atoms with Gasteiger partial charge in [0.05, 0.1) is 0 Å². The second-order valence-corrected chi connectivity index (χ2v) is 3.27. The summed E-state index contributed by atoms with van der Waals surface area (Å²) in [5, 5.41) is 6.60. The van der Waals surface area contributed by atoms with Gasteiger partial charge in [-0.2, -0.15) is 0 Å². The topological polar surface area (TPSA) is 24.1 Å². The predicted molar refractivity (Wildman–Crippen MR) is 50.0 cm³/mol. The zero-order chi connectivity index (χ0) is 9.10. The van der Waals surface area contributed by atoms with Crippen molar-refractivity contribution in [2.45, 2.75) is 6.04 Å². The first-order valence-corrected chi connectivity index (χ1v) is 4.56. The Balaban J connectivity index is 2.14. The Morgan fingerprint density at radius 3 is 2.92 bits per heavy atom. The maximum Gasteiger partial charge on any atom is 0.123 e. The fourth-order valence-corrected chi connectivity index (χ4v) is 1.61. The summed E-state index contributed by atoms with van der Waals surface area (Å²) in [6.45, 7) is 2.82. The van der Waals surface area contributed by atoms with Gasteiger partial charge in [0, 0.05) is 25.7 Å². The Hall–Kier alpha value is -0.930. The molecule has 1 aliphatic heterocycles. The quantitative estimate of drug-likeness (QED) is 0.675. The highest BCUT2D eigenvalue weighted by Crippen LogP contribution is 2.14. The molecule has 3 heteroatoms. The maximum atomic E-state index is 12.9.